The number of rotatable bonds is 8. The largest absolute Gasteiger partial charge is 0.393 e. The predicted molar refractivity (Wildman–Crippen MR) is 80.0 cm³/mol. The van der Waals surface area contributed by atoms with E-state index >= 15 is 0 Å². The molecule has 10 nitrogen and oxygen atoms in total. The van der Waals surface area contributed by atoms with Gasteiger partial charge >= 0.3 is 0 Å². The molecule has 0 aromatic carbocycles. The summed E-state index contributed by atoms with van der Waals surface area (Å²) < 4.78 is 0. The molecule has 1 rings (SSSR count). The highest BCUT2D eigenvalue weighted by molar-refractivity contribution is 5.91. The molecule has 3 amide bonds. The van der Waals surface area contributed by atoms with Gasteiger partial charge in [-0.15, -0.1) is 0 Å². The average molecular weight is 328 g/mol. The molecule has 5 N–H and O–H groups in total. The first-order chi connectivity index (χ1) is 10.8. The first-order valence-electron chi connectivity index (χ1n) is 7.53. The van der Waals surface area contributed by atoms with E-state index in [1.165, 1.54) is 5.01 Å². The van der Waals surface area contributed by atoms with Gasteiger partial charge in [-0.3, -0.25) is 19.4 Å². The molecule has 0 saturated carbocycles. The monoisotopic (exact) mass is 328 g/mol. The van der Waals surface area contributed by atoms with Gasteiger partial charge in [0.1, 0.15) is 12.1 Å². The third-order valence-electron chi connectivity index (χ3n) is 3.46. The van der Waals surface area contributed by atoms with Crippen LogP contribution in [-0.2, 0) is 14.4 Å². The number of nitrogens with two attached hydrogens (primary N) is 1. The van der Waals surface area contributed by atoms with Crippen molar-refractivity contribution >= 4 is 17.7 Å². The van der Waals surface area contributed by atoms with Crippen molar-refractivity contribution in [3.8, 4) is 0 Å². The van der Waals surface area contributed by atoms with Crippen LogP contribution in [0, 0.1) is 5.92 Å². The summed E-state index contributed by atoms with van der Waals surface area (Å²) >= 11 is 0. The van der Waals surface area contributed by atoms with Crippen LogP contribution in [-0.4, -0.2) is 53.1 Å². The van der Waals surface area contributed by atoms with Crippen LogP contribution >= 0.6 is 0 Å². The molecular weight excluding hydrogens is 304 g/mol. The molecular formula is C13H24N6O4. The molecule has 10 heteroatoms. The van der Waals surface area contributed by atoms with E-state index in [2.05, 4.69) is 21.1 Å². The number of nitrogens with one attached hydrogen (secondary N) is 2. The highest BCUT2D eigenvalue weighted by atomic mass is 16.5. The van der Waals surface area contributed by atoms with Gasteiger partial charge in [0.2, 0.25) is 17.7 Å². The lowest BCUT2D eigenvalue weighted by Gasteiger charge is -2.24. The zero-order valence-corrected chi connectivity index (χ0v) is 13.4. The molecule has 1 saturated heterocycles. The molecule has 0 radical (unpaired) electrons. The van der Waals surface area contributed by atoms with Crippen LogP contribution in [0.1, 0.15) is 33.1 Å². The SMILES string of the molecule is CC(C)C[C@H](NC(=O)[C@@H]1CCCN1/N=N/O)C(=O)NCC(N)=O. The lowest BCUT2D eigenvalue weighted by Crippen LogP contribution is -2.52. The van der Waals surface area contributed by atoms with E-state index in [0.29, 0.717) is 19.4 Å². The van der Waals surface area contributed by atoms with Crippen molar-refractivity contribution in [2.45, 2.75) is 45.2 Å². The minimum Gasteiger partial charge on any atom is -0.393 e. The fourth-order valence-electron chi connectivity index (χ4n) is 2.44. The fourth-order valence-corrected chi connectivity index (χ4v) is 2.44. The van der Waals surface area contributed by atoms with Crippen LogP contribution in [0.2, 0.25) is 0 Å². The van der Waals surface area contributed by atoms with Crippen molar-refractivity contribution in [3.05, 3.63) is 0 Å². The third-order valence-corrected chi connectivity index (χ3v) is 3.46. The van der Waals surface area contributed by atoms with Gasteiger partial charge in [-0.25, -0.2) is 0 Å². The van der Waals surface area contributed by atoms with Gasteiger partial charge in [0.05, 0.1) is 6.54 Å². The number of nitrogens with zero attached hydrogens (tertiary/aromatic N) is 3. The molecule has 1 aliphatic heterocycles. The number of carbonyl (C=O) groups excluding carboxylic acids is 3. The number of primary amides is 1. The summed E-state index contributed by atoms with van der Waals surface area (Å²) in [5, 5.41) is 21.2. The Kier molecular flexibility index (Phi) is 7.23. The molecule has 0 bridgehead atoms. The zero-order valence-electron chi connectivity index (χ0n) is 13.4. The molecule has 0 aliphatic carbocycles. The molecule has 0 spiro atoms. The van der Waals surface area contributed by atoms with E-state index in [-0.39, 0.29) is 18.4 Å². The lowest BCUT2D eigenvalue weighted by atomic mass is 10.0. The van der Waals surface area contributed by atoms with Crippen molar-refractivity contribution in [1.29, 1.82) is 0 Å². The molecule has 130 valence electrons. The molecule has 23 heavy (non-hydrogen) atoms. The minimum atomic E-state index is -0.768. The Morgan fingerprint density at radius 3 is 2.65 bits per heavy atom. The molecule has 1 fully saturated rings. The molecule has 1 aliphatic rings. The Bertz CT molecular complexity index is 467. The van der Waals surface area contributed by atoms with Crippen LogP contribution < -0.4 is 16.4 Å². The van der Waals surface area contributed by atoms with Crippen LogP contribution in [0.3, 0.4) is 0 Å². The minimum absolute atomic E-state index is 0.163. The summed E-state index contributed by atoms with van der Waals surface area (Å²) in [6, 6.07) is -1.35. The van der Waals surface area contributed by atoms with E-state index in [1.807, 2.05) is 13.8 Å². The number of hydrogen-bond acceptors (Lipinski definition) is 5. The third kappa shape index (κ3) is 6.09. The van der Waals surface area contributed by atoms with Crippen LogP contribution in [0.15, 0.2) is 10.5 Å². The summed E-state index contributed by atoms with van der Waals surface area (Å²) in [5.74, 6) is -1.32. The van der Waals surface area contributed by atoms with Gasteiger partial charge in [0.25, 0.3) is 0 Å². The molecule has 1 heterocycles. The van der Waals surface area contributed by atoms with E-state index in [4.69, 9.17) is 10.9 Å². The van der Waals surface area contributed by atoms with E-state index in [0.717, 1.165) is 6.42 Å². The fraction of sp³-hybridized carbons (Fsp3) is 0.769. The Morgan fingerprint density at radius 2 is 2.09 bits per heavy atom. The van der Waals surface area contributed by atoms with Crippen LogP contribution in [0.25, 0.3) is 0 Å². The summed E-state index contributed by atoms with van der Waals surface area (Å²) in [6.07, 6.45) is 1.71. The summed E-state index contributed by atoms with van der Waals surface area (Å²) in [5.41, 5.74) is 5.00. The number of carbonyl (C=O) groups is 3. The summed E-state index contributed by atoms with van der Waals surface area (Å²) in [4.78, 5) is 35.2. The van der Waals surface area contributed by atoms with Gasteiger partial charge in [-0.1, -0.05) is 13.8 Å². The highest BCUT2D eigenvalue weighted by Crippen LogP contribution is 2.18. The van der Waals surface area contributed by atoms with E-state index in [9.17, 15) is 14.4 Å². The normalized spacial score (nSPS) is 19.1. The van der Waals surface area contributed by atoms with E-state index < -0.39 is 23.9 Å². The van der Waals surface area contributed by atoms with Crippen molar-refractivity contribution in [1.82, 2.24) is 15.6 Å². The van der Waals surface area contributed by atoms with Crippen molar-refractivity contribution in [3.63, 3.8) is 0 Å². The second kappa shape index (κ2) is 8.91. The quantitative estimate of drug-likeness (QED) is 0.344. The molecule has 2 atom stereocenters. The topological polar surface area (TPSA) is 149 Å². The summed E-state index contributed by atoms with van der Waals surface area (Å²) in [6.45, 7) is 4.06. The Morgan fingerprint density at radius 1 is 1.39 bits per heavy atom. The van der Waals surface area contributed by atoms with E-state index in [1.54, 1.807) is 0 Å². The van der Waals surface area contributed by atoms with Crippen LogP contribution in [0.4, 0.5) is 0 Å². The standard InChI is InChI=1S/C13H24N6O4/c1-8(2)6-9(12(21)15-7-11(14)20)16-13(22)10-4-3-5-19(10)17-18-23/h8-10H,3-7H2,1-2H3,(H2,14,20)(H,15,21)(H,16,22)(H,17,23)/t9-,10-/m0/s1. The summed E-state index contributed by atoms with van der Waals surface area (Å²) in [7, 11) is 0. The van der Waals surface area contributed by atoms with Crippen molar-refractivity contribution in [2.75, 3.05) is 13.1 Å². The maximum atomic E-state index is 12.4. The first-order valence-corrected chi connectivity index (χ1v) is 7.53. The van der Waals surface area contributed by atoms with Gasteiger partial charge in [-0.2, -0.15) is 0 Å². The molecule has 0 unspecified atom stereocenters. The molecule has 0 aromatic heterocycles. The average Bonchev–Trinajstić information content (AvgIpc) is 2.92. The Balaban J connectivity index is 2.69. The highest BCUT2D eigenvalue weighted by Gasteiger charge is 2.33. The maximum absolute atomic E-state index is 12.4. The predicted octanol–water partition coefficient (Wildman–Crippen LogP) is -0.660. The smallest absolute Gasteiger partial charge is 0.245 e. The first kappa shape index (κ1) is 18.7. The van der Waals surface area contributed by atoms with Gasteiger partial charge in [0.15, 0.2) is 0 Å². The second-order valence-corrected chi connectivity index (χ2v) is 5.87. The maximum Gasteiger partial charge on any atom is 0.245 e. The van der Waals surface area contributed by atoms with Gasteiger partial charge in [-0.05, 0) is 30.4 Å². The van der Waals surface area contributed by atoms with Crippen molar-refractivity contribution < 1.29 is 19.6 Å². The second-order valence-electron chi connectivity index (χ2n) is 5.87. The Hall–Kier alpha value is -2.39. The number of amides is 3. The zero-order chi connectivity index (χ0) is 17.4. The van der Waals surface area contributed by atoms with Gasteiger partial charge in [0, 0.05) is 11.8 Å². The lowest BCUT2D eigenvalue weighted by molar-refractivity contribution is -0.132. The Labute approximate surface area is 134 Å². The van der Waals surface area contributed by atoms with Crippen LogP contribution in [0.5, 0.6) is 0 Å². The van der Waals surface area contributed by atoms with Crippen molar-refractivity contribution in [2.24, 2.45) is 22.2 Å². The molecule has 0 aromatic rings. The van der Waals surface area contributed by atoms with Gasteiger partial charge < -0.3 is 21.6 Å². The number of hydrogen-bond donors (Lipinski definition) is 4.